The number of alkyl halides is 3. The number of halogens is 3. The molecule has 1 aliphatic rings. The molecular formula is C10H15F3N4O3S. The van der Waals surface area contributed by atoms with Crippen LogP contribution in [0, 0.1) is 5.41 Å². The van der Waals surface area contributed by atoms with E-state index in [1.165, 1.54) is 6.08 Å². The zero-order chi connectivity index (χ0) is 16.5. The van der Waals surface area contributed by atoms with Crippen molar-refractivity contribution < 1.29 is 26.4 Å². The lowest BCUT2D eigenvalue weighted by molar-refractivity contribution is -0.133. The first-order chi connectivity index (χ1) is 9.39. The van der Waals surface area contributed by atoms with Gasteiger partial charge in [-0.05, 0) is 19.9 Å². The van der Waals surface area contributed by atoms with Gasteiger partial charge in [0.2, 0.25) is 15.9 Å². The lowest BCUT2D eigenvalue weighted by atomic mass is 10.1. The van der Waals surface area contributed by atoms with Crippen molar-refractivity contribution in [3.63, 3.8) is 0 Å². The van der Waals surface area contributed by atoms with Gasteiger partial charge in [0.25, 0.3) is 0 Å². The Bertz CT molecular complexity index is 581. The zero-order valence-corrected chi connectivity index (χ0v) is 12.3. The highest BCUT2D eigenvalue weighted by atomic mass is 32.2. The van der Waals surface area contributed by atoms with Crippen LogP contribution >= 0.6 is 0 Å². The summed E-state index contributed by atoms with van der Waals surface area (Å²) in [5, 5.41) is 12.9. The molecule has 0 aromatic heterocycles. The molecule has 2 N–H and O–H groups in total. The molecule has 0 radical (unpaired) electrons. The summed E-state index contributed by atoms with van der Waals surface area (Å²) in [6.07, 6.45) is -3.65. The molecule has 0 aromatic carbocycles. The highest BCUT2D eigenvalue weighted by molar-refractivity contribution is 7.95. The molecular weight excluding hydrogens is 313 g/mol. The van der Waals surface area contributed by atoms with Gasteiger partial charge in [-0.15, -0.1) is 0 Å². The first-order valence-corrected chi connectivity index (χ1v) is 7.37. The Morgan fingerprint density at radius 2 is 2.10 bits per heavy atom. The van der Waals surface area contributed by atoms with E-state index < -0.39 is 39.1 Å². The molecule has 21 heavy (non-hydrogen) atoms. The van der Waals surface area contributed by atoms with Crippen LogP contribution in [0.15, 0.2) is 21.3 Å². The Hall–Kier alpha value is -1.49. The third-order valence-electron chi connectivity index (χ3n) is 2.45. The molecule has 0 fully saturated rings. The maximum absolute atomic E-state index is 12.7. The van der Waals surface area contributed by atoms with Crippen molar-refractivity contribution in [3.8, 4) is 0 Å². The number of nitrogens with one attached hydrogen (secondary N) is 2. The highest BCUT2D eigenvalue weighted by Crippen LogP contribution is 2.26. The minimum absolute atomic E-state index is 0.369. The Balaban J connectivity index is 2.96. The molecule has 0 amide bonds. The minimum Gasteiger partial charge on any atom is -0.306 e. The summed E-state index contributed by atoms with van der Waals surface area (Å²) in [7, 11) is -3.14. The fraction of sp³-hybridized carbons (Fsp3) is 0.700. The van der Waals surface area contributed by atoms with Crippen LogP contribution in [0.25, 0.3) is 0 Å². The van der Waals surface area contributed by atoms with Crippen LogP contribution in [0.2, 0.25) is 0 Å². The normalized spacial score (nSPS) is 20.2. The van der Waals surface area contributed by atoms with E-state index in [1.807, 2.05) is 0 Å². The fourth-order valence-electron chi connectivity index (χ4n) is 1.52. The smallest absolute Gasteiger partial charge is 0.306 e. The second-order valence-electron chi connectivity index (χ2n) is 4.86. The summed E-state index contributed by atoms with van der Waals surface area (Å²) in [4.78, 5) is 4.94. The molecule has 1 rings (SSSR count). The molecule has 11 heteroatoms. The topological polar surface area (TPSA) is 104 Å². The summed E-state index contributed by atoms with van der Waals surface area (Å²) < 4.78 is 62.0. The second-order valence-corrected chi connectivity index (χ2v) is 6.82. The molecule has 0 aliphatic carbocycles. The number of azo groups is 1. The van der Waals surface area contributed by atoms with E-state index in [1.54, 1.807) is 13.8 Å². The summed E-state index contributed by atoms with van der Waals surface area (Å²) in [6.45, 7) is 3.13. The van der Waals surface area contributed by atoms with Crippen molar-refractivity contribution >= 4 is 15.5 Å². The van der Waals surface area contributed by atoms with E-state index in [0.29, 0.717) is 0 Å². The van der Waals surface area contributed by atoms with Crippen molar-refractivity contribution in [2.75, 3.05) is 12.8 Å². The van der Waals surface area contributed by atoms with Crippen LogP contribution in [0.5, 0.6) is 0 Å². The third kappa shape index (κ3) is 4.49. The van der Waals surface area contributed by atoms with Crippen molar-refractivity contribution in [1.82, 2.24) is 5.48 Å². The standard InChI is InChI=1S/C10H15F3N4O3S/c1-9(2)4-7(17-20-9)21(18,19)5-6(14)8(16-15-3)10(11,12)13/h4,8,14,17H,5H2,1-3H3. The number of hydrogen-bond donors (Lipinski definition) is 2. The number of hydrogen-bond acceptors (Lipinski definition) is 7. The number of hydroxylamine groups is 1. The van der Waals surface area contributed by atoms with Crippen LogP contribution < -0.4 is 5.48 Å². The van der Waals surface area contributed by atoms with Gasteiger partial charge in [-0.2, -0.15) is 23.4 Å². The fourth-order valence-corrected chi connectivity index (χ4v) is 2.87. The summed E-state index contributed by atoms with van der Waals surface area (Å²) in [5.74, 6) is -1.13. The van der Waals surface area contributed by atoms with Gasteiger partial charge >= 0.3 is 6.18 Å². The lowest BCUT2D eigenvalue weighted by Gasteiger charge is -2.16. The average Bonchev–Trinajstić information content (AvgIpc) is 2.65. The molecule has 1 atom stereocenters. The SMILES string of the molecule is CN=NC(C(=N)CS(=O)(=O)C1=CC(C)(C)ON1)C(F)(F)F. The molecule has 0 aromatic rings. The summed E-state index contributed by atoms with van der Waals surface area (Å²) >= 11 is 0. The van der Waals surface area contributed by atoms with Crippen LogP contribution in [0.1, 0.15) is 13.8 Å². The zero-order valence-electron chi connectivity index (χ0n) is 11.5. The monoisotopic (exact) mass is 328 g/mol. The predicted octanol–water partition coefficient (Wildman–Crippen LogP) is 1.59. The van der Waals surface area contributed by atoms with Crippen molar-refractivity contribution in [1.29, 1.82) is 5.41 Å². The van der Waals surface area contributed by atoms with Gasteiger partial charge in [0, 0.05) is 7.05 Å². The van der Waals surface area contributed by atoms with Gasteiger partial charge in [0.05, 0.1) is 11.5 Å². The molecule has 0 saturated carbocycles. The van der Waals surface area contributed by atoms with Gasteiger partial charge in [0.1, 0.15) is 5.60 Å². The van der Waals surface area contributed by atoms with Gasteiger partial charge in [-0.1, -0.05) is 0 Å². The third-order valence-corrected chi connectivity index (χ3v) is 4.01. The average molecular weight is 328 g/mol. The number of nitrogens with zero attached hydrogens (tertiary/aromatic N) is 2. The van der Waals surface area contributed by atoms with Gasteiger partial charge in [-0.25, -0.2) is 8.42 Å². The van der Waals surface area contributed by atoms with Gasteiger partial charge in [0.15, 0.2) is 5.03 Å². The Morgan fingerprint density at radius 1 is 1.52 bits per heavy atom. The maximum Gasteiger partial charge on any atom is 0.417 e. The summed E-state index contributed by atoms with van der Waals surface area (Å²) in [6, 6.07) is -2.58. The highest BCUT2D eigenvalue weighted by Gasteiger charge is 2.45. The van der Waals surface area contributed by atoms with E-state index in [2.05, 4.69) is 15.7 Å². The first-order valence-electron chi connectivity index (χ1n) is 5.71. The maximum atomic E-state index is 12.7. The van der Waals surface area contributed by atoms with E-state index in [0.717, 1.165) is 7.05 Å². The van der Waals surface area contributed by atoms with Crippen LogP contribution in [-0.4, -0.2) is 44.7 Å². The van der Waals surface area contributed by atoms with Crippen molar-refractivity contribution in [2.24, 2.45) is 10.2 Å². The molecule has 1 heterocycles. The minimum atomic E-state index is -4.88. The lowest BCUT2D eigenvalue weighted by Crippen LogP contribution is -2.38. The predicted molar refractivity (Wildman–Crippen MR) is 68.5 cm³/mol. The van der Waals surface area contributed by atoms with E-state index >= 15 is 0 Å². The molecule has 0 spiro atoms. The number of rotatable bonds is 5. The molecule has 1 unspecified atom stereocenters. The van der Waals surface area contributed by atoms with E-state index in [9.17, 15) is 21.6 Å². The Morgan fingerprint density at radius 3 is 2.48 bits per heavy atom. The van der Waals surface area contributed by atoms with Crippen LogP contribution in [-0.2, 0) is 14.7 Å². The van der Waals surface area contributed by atoms with Crippen LogP contribution in [0.3, 0.4) is 0 Å². The van der Waals surface area contributed by atoms with Crippen LogP contribution in [0.4, 0.5) is 13.2 Å². The Kier molecular flexibility index (Phi) is 4.78. The largest absolute Gasteiger partial charge is 0.417 e. The van der Waals surface area contributed by atoms with E-state index in [4.69, 9.17) is 10.2 Å². The van der Waals surface area contributed by atoms with Crippen molar-refractivity contribution in [2.45, 2.75) is 31.7 Å². The van der Waals surface area contributed by atoms with Gasteiger partial charge < -0.3 is 5.41 Å². The van der Waals surface area contributed by atoms with E-state index in [-0.39, 0.29) is 5.03 Å². The Labute approximate surface area is 119 Å². The molecule has 0 saturated heterocycles. The first kappa shape index (κ1) is 17.6. The molecule has 0 bridgehead atoms. The quantitative estimate of drug-likeness (QED) is 0.590. The molecule has 7 nitrogen and oxygen atoms in total. The second kappa shape index (κ2) is 5.72. The summed E-state index contributed by atoms with van der Waals surface area (Å²) in [5.41, 5.74) is 0.127. The molecule has 120 valence electrons. The molecule has 1 aliphatic heterocycles. The van der Waals surface area contributed by atoms with Gasteiger partial charge in [-0.3, -0.25) is 10.3 Å². The number of sulfone groups is 1. The van der Waals surface area contributed by atoms with Crippen molar-refractivity contribution in [3.05, 3.63) is 11.1 Å².